The van der Waals surface area contributed by atoms with Crippen LogP contribution in [-0.2, 0) is 16.6 Å². The van der Waals surface area contributed by atoms with Gasteiger partial charge in [-0.1, -0.05) is 29.8 Å². The molecule has 0 amide bonds. The lowest BCUT2D eigenvalue weighted by molar-refractivity contribution is 0.267. The highest BCUT2D eigenvalue weighted by molar-refractivity contribution is 7.89. The summed E-state index contributed by atoms with van der Waals surface area (Å²) in [6.07, 6.45) is 0.253. The van der Waals surface area contributed by atoms with E-state index in [2.05, 4.69) is 4.98 Å². The van der Waals surface area contributed by atoms with Crippen molar-refractivity contribution in [3.63, 3.8) is 0 Å². The van der Waals surface area contributed by atoms with E-state index in [0.29, 0.717) is 10.6 Å². The van der Waals surface area contributed by atoms with Crippen molar-refractivity contribution < 1.29 is 13.5 Å². The molecule has 1 aromatic heterocycles. The maximum absolute atomic E-state index is 13.3. The van der Waals surface area contributed by atoms with E-state index in [0.717, 1.165) is 27.6 Å². The first-order valence-electron chi connectivity index (χ1n) is 9.64. The Balaban J connectivity index is 2.04. The average molecular weight is 449 g/mol. The van der Waals surface area contributed by atoms with Gasteiger partial charge in [-0.3, -0.25) is 4.79 Å². The van der Waals surface area contributed by atoms with Gasteiger partial charge in [-0.15, -0.1) is 0 Å². The quantitative estimate of drug-likeness (QED) is 0.576. The van der Waals surface area contributed by atoms with Gasteiger partial charge < -0.3 is 10.1 Å². The second kappa shape index (κ2) is 8.89. The number of aliphatic hydroxyl groups is 1. The van der Waals surface area contributed by atoms with Crippen LogP contribution in [0.3, 0.4) is 0 Å². The number of aromatic amines is 1. The van der Waals surface area contributed by atoms with E-state index in [1.807, 2.05) is 26.0 Å². The summed E-state index contributed by atoms with van der Waals surface area (Å²) in [6.45, 7) is 5.51. The number of hydrogen-bond acceptors (Lipinski definition) is 4. The van der Waals surface area contributed by atoms with Crippen molar-refractivity contribution in [3.8, 4) is 0 Å². The number of benzene rings is 2. The highest BCUT2D eigenvalue weighted by Gasteiger charge is 2.26. The van der Waals surface area contributed by atoms with Crippen LogP contribution in [0, 0.1) is 20.8 Å². The van der Waals surface area contributed by atoms with Gasteiger partial charge in [0.25, 0.3) is 5.56 Å². The van der Waals surface area contributed by atoms with Crippen molar-refractivity contribution in [1.29, 1.82) is 0 Å². The second-order valence-corrected chi connectivity index (χ2v) is 9.77. The number of nitrogens with one attached hydrogen (secondary N) is 1. The molecule has 0 unspecified atom stereocenters. The Morgan fingerprint density at radius 3 is 2.43 bits per heavy atom. The summed E-state index contributed by atoms with van der Waals surface area (Å²) >= 11 is 6.13. The molecule has 0 atom stereocenters. The molecule has 0 aliphatic rings. The Bertz CT molecular complexity index is 1250. The van der Waals surface area contributed by atoms with Crippen molar-refractivity contribution in [3.05, 3.63) is 74.0 Å². The van der Waals surface area contributed by atoms with Gasteiger partial charge in [-0.25, -0.2) is 8.42 Å². The van der Waals surface area contributed by atoms with Gasteiger partial charge in [0.15, 0.2) is 0 Å². The lowest BCUT2D eigenvalue weighted by Crippen LogP contribution is -2.34. The monoisotopic (exact) mass is 448 g/mol. The molecule has 3 aromatic rings. The van der Waals surface area contributed by atoms with Gasteiger partial charge in [0.05, 0.1) is 10.4 Å². The molecule has 0 aliphatic heterocycles. The third-order valence-corrected chi connectivity index (χ3v) is 7.57. The van der Waals surface area contributed by atoms with E-state index in [1.54, 1.807) is 19.1 Å². The molecule has 3 rings (SSSR count). The number of hydrogen-bond donors (Lipinski definition) is 2. The van der Waals surface area contributed by atoms with Crippen molar-refractivity contribution in [2.45, 2.75) is 38.6 Å². The predicted molar refractivity (Wildman–Crippen MR) is 120 cm³/mol. The van der Waals surface area contributed by atoms with Crippen LogP contribution in [0.1, 0.15) is 28.7 Å². The number of sulfonamides is 1. The van der Waals surface area contributed by atoms with Gasteiger partial charge in [0, 0.05) is 30.3 Å². The minimum atomic E-state index is -3.91. The van der Waals surface area contributed by atoms with Crippen molar-refractivity contribution in [2.75, 3.05) is 13.2 Å². The van der Waals surface area contributed by atoms with Crippen LogP contribution in [0.25, 0.3) is 10.9 Å². The molecule has 0 spiro atoms. The number of pyridine rings is 1. The molecule has 1 heterocycles. The van der Waals surface area contributed by atoms with Crippen LogP contribution in [0.15, 0.2) is 46.1 Å². The predicted octanol–water partition coefficient (Wildman–Crippen LogP) is 3.68. The van der Waals surface area contributed by atoms with Crippen LogP contribution >= 0.6 is 11.6 Å². The van der Waals surface area contributed by atoms with Gasteiger partial charge >= 0.3 is 0 Å². The van der Waals surface area contributed by atoms with E-state index in [4.69, 9.17) is 11.6 Å². The molecule has 0 fully saturated rings. The molecule has 0 bridgehead atoms. The summed E-state index contributed by atoms with van der Waals surface area (Å²) in [5, 5.41) is 10.4. The number of fused-ring (bicyclic) bond motifs is 1. The third-order valence-electron chi connectivity index (χ3n) is 5.32. The standard InChI is InChI=1S/C22H25ClN2O4S/c1-14-5-7-17-11-18(22(27)24-21(17)16(14)3)13-25(9-4-10-26)30(28,29)19-8-6-15(2)20(23)12-19/h5-8,11-12,26H,4,9-10,13H2,1-3H3,(H,24,27). The first kappa shape index (κ1) is 22.5. The Labute approximate surface area is 181 Å². The molecule has 30 heavy (non-hydrogen) atoms. The average Bonchev–Trinajstić information content (AvgIpc) is 2.70. The van der Waals surface area contributed by atoms with Crippen molar-refractivity contribution in [1.82, 2.24) is 9.29 Å². The minimum absolute atomic E-state index is 0.0553. The largest absolute Gasteiger partial charge is 0.396 e. The summed E-state index contributed by atoms with van der Waals surface area (Å²) in [5.41, 5.74) is 3.57. The zero-order valence-corrected chi connectivity index (χ0v) is 18.8. The summed E-state index contributed by atoms with van der Waals surface area (Å²) in [6, 6.07) is 10.2. The van der Waals surface area contributed by atoms with Crippen LogP contribution < -0.4 is 5.56 Å². The highest BCUT2D eigenvalue weighted by Crippen LogP contribution is 2.25. The number of aromatic nitrogens is 1. The fourth-order valence-electron chi connectivity index (χ4n) is 3.29. The minimum Gasteiger partial charge on any atom is -0.396 e. The van der Waals surface area contributed by atoms with E-state index < -0.39 is 10.0 Å². The molecule has 0 radical (unpaired) electrons. The number of nitrogens with zero attached hydrogens (tertiary/aromatic N) is 1. The maximum Gasteiger partial charge on any atom is 0.252 e. The number of halogens is 1. The summed E-state index contributed by atoms with van der Waals surface area (Å²) in [4.78, 5) is 15.7. The van der Waals surface area contributed by atoms with E-state index in [1.165, 1.54) is 16.4 Å². The Hall–Kier alpha value is -2.19. The van der Waals surface area contributed by atoms with Crippen LogP contribution in [0.2, 0.25) is 5.02 Å². The van der Waals surface area contributed by atoms with Gasteiger partial charge in [0.1, 0.15) is 0 Å². The number of rotatable bonds is 7. The first-order chi connectivity index (χ1) is 14.1. The van der Waals surface area contributed by atoms with Crippen molar-refractivity contribution in [2.24, 2.45) is 0 Å². The molecule has 160 valence electrons. The molecule has 0 saturated carbocycles. The maximum atomic E-state index is 13.3. The summed E-state index contributed by atoms with van der Waals surface area (Å²) in [7, 11) is -3.91. The molecule has 8 heteroatoms. The van der Waals surface area contributed by atoms with E-state index in [9.17, 15) is 18.3 Å². The summed E-state index contributed by atoms with van der Waals surface area (Å²) < 4.78 is 27.7. The number of aryl methyl sites for hydroxylation is 3. The van der Waals surface area contributed by atoms with Gasteiger partial charge in [-0.2, -0.15) is 4.31 Å². The highest BCUT2D eigenvalue weighted by atomic mass is 35.5. The third kappa shape index (κ3) is 4.44. The molecular formula is C22H25ClN2O4S. The fourth-order valence-corrected chi connectivity index (χ4v) is 5.02. The number of H-pyrrole nitrogens is 1. The SMILES string of the molecule is Cc1ccc(S(=O)(=O)N(CCCO)Cc2cc3ccc(C)c(C)c3[nH]c2=O)cc1Cl. The smallest absolute Gasteiger partial charge is 0.252 e. The topological polar surface area (TPSA) is 90.5 Å². The summed E-state index contributed by atoms with van der Waals surface area (Å²) in [5.74, 6) is 0. The normalized spacial score (nSPS) is 12.1. The Kier molecular flexibility index (Phi) is 6.67. The van der Waals surface area contributed by atoms with Gasteiger partial charge in [0.2, 0.25) is 10.0 Å². The van der Waals surface area contributed by atoms with E-state index >= 15 is 0 Å². The Morgan fingerprint density at radius 2 is 1.77 bits per heavy atom. The van der Waals surface area contributed by atoms with Crippen molar-refractivity contribution >= 4 is 32.5 Å². The van der Waals surface area contributed by atoms with Crippen LogP contribution in [0.4, 0.5) is 0 Å². The molecule has 2 aromatic carbocycles. The van der Waals surface area contributed by atoms with Gasteiger partial charge in [-0.05, 0) is 67.5 Å². The molecule has 6 nitrogen and oxygen atoms in total. The zero-order valence-electron chi connectivity index (χ0n) is 17.2. The zero-order chi connectivity index (χ0) is 22.1. The first-order valence-corrected chi connectivity index (χ1v) is 11.5. The fraction of sp³-hybridized carbons (Fsp3) is 0.318. The molecule has 2 N–H and O–H groups in total. The molecule has 0 aliphatic carbocycles. The second-order valence-electron chi connectivity index (χ2n) is 7.42. The lowest BCUT2D eigenvalue weighted by Gasteiger charge is -2.22. The van der Waals surface area contributed by atoms with E-state index in [-0.39, 0.29) is 36.6 Å². The lowest BCUT2D eigenvalue weighted by atomic mass is 10.0. The number of aliphatic hydroxyl groups excluding tert-OH is 1. The Morgan fingerprint density at radius 1 is 1.07 bits per heavy atom. The molecular weight excluding hydrogens is 424 g/mol. The van der Waals surface area contributed by atoms with Crippen LogP contribution in [-0.4, -0.2) is 36.0 Å². The molecule has 0 saturated heterocycles. The van der Waals surface area contributed by atoms with Crippen LogP contribution in [0.5, 0.6) is 0 Å².